The molecular formula is C14H25N3OS. The minimum absolute atomic E-state index is 0.549. The van der Waals surface area contributed by atoms with E-state index in [1.54, 1.807) is 11.3 Å². The van der Waals surface area contributed by atoms with Crippen LogP contribution in [0.1, 0.15) is 34.8 Å². The summed E-state index contributed by atoms with van der Waals surface area (Å²) in [5, 5.41) is 18.2. The number of aromatic nitrogens is 1. The lowest BCUT2D eigenvalue weighted by molar-refractivity contribution is 0.0173. The monoisotopic (exact) mass is 283 g/mol. The first-order valence-electron chi connectivity index (χ1n) is 7.16. The molecule has 0 aromatic carbocycles. The van der Waals surface area contributed by atoms with Crippen molar-refractivity contribution in [3.8, 4) is 0 Å². The van der Waals surface area contributed by atoms with Gasteiger partial charge < -0.3 is 15.7 Å². The van der Waals surface area contributed by atoms with Crippen LogP contribution in [-0.4, -0.2) is 41.9 Å². The number of hydrogen-bond donors (Lipinski definition) is 3. The van der Waals surface area contributed by atoms with Gasteiger partial charge in [0.1, 0.15) is 0 Å². The van der Waals surface area contributed by atoms with Crippen molar-refractivity contribution in [2.45, 2.75) is 45.1 Å². The van der Waals surface area contributed by atoms with E-state index in [2.05, 4.69) is 29.5 Å². The summed E-state index contributed by atoms with van der Waals surface area (Å²) in [6.07, 6.45) is 4.08. The van der Waals surface area contributed by atoms with Gasteiger partial charge in [-0.05, 0) is 46.2 Å². The van der Waals surface area contributed by atoms with Gasteiger partial charge >= 0.3 is 0 Å². The summed E-state index contributed by atoms with van der Waals surface area (Å²) in [6, 6.07) is 0. The molecule has 1 aliphatic heterocycles. The number of β-amino-alcohol motifs (C(OH)–C–C–N with tert-alkyl or cyclic N) is 1. The van der Waals surface area contributed by atoms with Crippen molar-refractivity contribution in [3.05, 3.63) is 15.6 Å². The molecule has 0 aliphatic carbocycles. The summed E-state index contributed by atoms with van der Waals surface area (Å²) in [5.74, 6) is 0. The van der Waals surface area contributed by atoms with Crippen molar-refractivity contribution >= 4 is 11.3 Å². The highest BCUT2D eigenvalue weighted by molar-refractivity contribution is 7.11. The molecule has 1 aromatic rings. The summed E-state index contributed by atoms with van der Waals surface area (Å²) >= 11 is 1.80. The van der Waals surface area contributed by atoms with E-state index in [9.17, 15) is 5.11 Å². The van der Waals surface area contributed by atoms with Gasteiger partial charge in [0.05, 0.1) is 16.3 Å². The second kappa shape index (κ2) is 6.79. The predicted molar refractivity (Wildman–Crippen MR) is 79.8 cm³/mol. The standard InChI is InChI=1S/C14H25N3OS/c1-11-12(2)19-13(17-11)5-3-7-15-9-14(18)6-4-8-16-10-14/h15-16,18H,3-10H2,1-2H3/t14-/m1/s1. The Bertz CT molecular complexity index is 380. The lowest BCUT2D eigenvalue weighted by Gasteiger charge is -2.32. The van der Waals surface area contributed by atoms with Gasteiger partial charge in [0, 0.05) is 24.4 Å². The molecule has 3 N–H and O–H groups in total. The molecule has 0 unspecified atom stereocenters. The molecule has 4 nitrogen and oxygen atoms in total. The summed E-state index contributed by atoms with van der Waals surface area (Å²) < 4.78 is 0. The molecule has 0 spiro atoms. The zero-order valence-electron chi connectivity index (χ0n) is 12.0. The van der Waals surface area contributed by atoms with Crippen LogP contribution in [0.4, 0.5) is 0 Å². The van der Waals surface area contributed by atoms with Crippen LogP contribution in [0.2, 0.25) is 0 Å². The Hall–Kier alpha value is -0.490. The molecule has 1 aromatic heterocycles. The maximum atomic E-state index is 10.3. The van der Waals surface area contributed by atoms with Crippen molar-refractivity contribution in [2.24, 2.45) is 0 Å². The van der Waals surface area contributed by atoms with Crippen molar-refractivity contribution in [1.82, 2.24) is 15.6 Å². The normalized spacial score (nSPS) is 23.7. The van der Waals surface area contributed by atoms with Crippen LogP contribution in [-0.2, 0) is 6.42 Å². The molecule has 5 heteroatoms. The quantitative estimate of drug-likeness (QED) is 0.691. The van der Waals surface area contributed by atoms with Crippen molar-refractivity contribution in [3.63, 3.8) is 0 Å². The molecule has 2 heterocycles. The topological polar surface area (TPSA) is 57.2 Å². The van der Waals surface area contributed by atoms with E-state index >= 15 is 0 Å². The summed E-state index contributed by atoms with van der Waals surface area (Å²) in [5.41, 5.74) is 0.614. The molecule has 0 bridgehead atoms. The van der Waals surface area contributed by atoms with E-state index in [-0.39, 0.29) is 0 Å². The second-order valence-electron chi connectivity index (χ2n) is 5.53. The van der Waals surface area contributed by atoms with E-state index in [4.69, 9.17) is 0 Å². The zero-order valence-corrected chi connectivity index (χ0v) is 12.8. The van der Waals surface area contributed by atoms with Gasteiger partial charge in [0.15, 0.2) is 0 Å². The van der Waals surface area contributed by atoms with E-state index in [0.29, 0.717) is 13.1 Å². The summed E-state index contributed by atoms with van der Waals surface area (Å²) in [7, 11) is 0. The van der Waals surface area contributed by atoms with Crippen molar-refractivity contribution in [2.75, 3.05) is 26.2 Å². The van der Waals surface area contributed by atoms with Crippen LogP contribution < -0.4 is 10.6 Å². The molecule has 0 radical (unpaired) electrons. The molecule has 1 saturated heterocycles. The van der Waals surface area contributed by atoms with Crippen LogP contribution in [0.15, 0.2) is 0 Å². The third-order valence-electron chi connectivity index (χ3n) is 3.72. The molecule has 1 aliphatic rings. The van der Waals surface area contributed by atoms with Crippen LogP contribution >= 0.6 is 11.3 Å². The largest absolute Gasteiger partial charge is 0.387 e. The molecule has 0 amide bonds. The van der Waals surface area contributed by atoms with Gasteiger partial charge in [-0.3, -0.25) is 0 Å². The van der Waals surface area contributed by atoms with Crippen molar-refractivity contribution < 1.29 is 5.11 Å². The maximum Gasteiger partial charge on any atom is 0.0931 e. The summed E-state index contributed by atoms with van der Waals surface area (Å²) in [6.45, 7) is 7.57. The number of hydrogen-bond acceptors (Lipinski definition) is 5. The number of thiazole rings is 1. The SMILES string of the molecule is Cc1nc(CCCNC[C@]2(O)CCCNC2)sc1C. The number of aliphatic hydroxyl groups is 1. The van der Waals surface area contributed by atoms with E-state index in [0.717, 1.165) is 44.5 Å². The molecule has 108 valence electrons. The lowest BCUT2D eigenvalue weighted by Crippen LogP contribution is -2.52. The maximum absolute atomic E-state index is 10.3. The minimum Gasteiger partial charge on any atom is -0.387 e. The van der Waals surface area contributed by atoms with Crippen LogP contribution in [0.3, 0.4) is 0 Å². The fourth-order valence-corrected chi connectivity index (χ4v) is 3.41. The highest BCUT2D eigenvalue weighted by Gasteiger charge is 2.28. The molecule has 1 fully saturated rings. The Labute approximate surface area is 119 Å². The first kappa shape index (κ1) is 14.9. The third-order valence-corrected chi connectivity index (χ3v) is 4.85. The average Bonchev–Trinajstić information content (AvgIpc) is 2.69. The first-order valence-corrected chi connectivity index (χ1v) is 7.97. The third kappa shape index (κ3) is 4.53. The fourth-order valence-electron chi connectivity index (χ4n) is 2.43. The van der Waals surface area contributed by atoms with E-state index < -0.39 is 5.60 Å². The first-order chi connectivity index (χ1) is 9.09. The number of aryl methyl sites for hydroxylation is 3. The zero-order chi connectivity index (χ0) is 13.7. The fraction of sp³-hybridized carbons (Fsp3) is 0.786. The Morgan fingerprint density at radius 2 is 2.32 bits per heavy atom. The second-order valence-corrected chi connectivity index (χ2v) is 6.82. The predicted octanol–water partition coefficient (Wildman–Crippen LogP) is 1.40. The van der Waals surface area contributed by atoms with Crippen LogP contribution in [0, 0.1) is 13.8 Å². The van der Waals surface area contributed by atoms with Gasteiger partial charge in [-0.2, -0.15) is 0 Å². The Kier molecular flexibility index (Phi) is 5.33. The van der Waals surface area contributed by atoms with Gasteiger partial charge in [0.2, 0.25) is 0 Å². The summed E-state index contributed by atoms with van der Waals surface area (Å²) in [4.78, 5) is 5.87. The van der Waals surface area contributed by atoms with E-state index in [1.165, 1.54) is 9.88 Å². The van der Waals surface area contributed by atoms with Gasteiger partial charge in [-0.15, -0.1) is 11.3 Å². The number of piperidine rings is 1. The molecular weight excluding hydrogens is 258 g/mol. The number of nitrogens with one attached hydrogen (secondary N) is 2. The Morgan fingerprint density at radius 1 is 1.47 bits per heavy atom. The Morgan fingerprint density at radius 3 is 2.95 bits per heavy atom. The van der Waals surface area contributed by atoms with Crippen molar-refractivity contribution in [1.29, 1.82) is 0 Å². The van der Waals surface area contributed by atoms with E-state index in [1.807, 2.05) is 0 Å². The Balaban J connectivity index is 1.61. The number of nitrogens with zero attached hydrogens (tertiary/aromatic N) is 1. The molecule has 19 heavy (non-hydrogen) atoms. The highest BCUT2D eigenvalue weighted by Crippen LogP contribution is 2.17. The molecule has 1 atom stereocenters. The smallest absolute Gasteiger partial charge is 0.0931 e. The number of rotatable bonds is 6. The van der Waals surface area contributed by atoms with Gasteiger partial charge in [-0.25, -0.2) is 4.98 Å². The van der Waals surface area contributed by atoms with Gasteiger partial charge in [-0.1, -0.05) is 0 Å². The highest BCUT2D eigenvalue weighted by atomic mass is 32.1. The molecule has 2 rings (SSSR count). The van der Waals surface area contributed by atoms with Crippen LogP contribution in [0.25, 0.3) is 0 Å². The molecule has 0 saturated carbocycles. The van der Waals surface area contributed by atoms with Crippen LogP contribution in [0.5, 0.6) is 0 Å². The lowest BCUT2D eigenvalue weighted by atomic mass is 9.94. The van der Waals surface area contributed by atoms with Gasteiger partial charge in [0.25, 0.3) is 0 Å². The minimum atomic E-state index is -0.549. The average molecular weight is 283 g/mol.